The van der Waals surface area contributed by atoms with Crippen LogP contribution in [0.5, 0.6) is 0 Å². The molecule has 0 aromatic heterocycles. The number of halogens is 1. The zero-order chi connectivity index (χ0) is 13.6. The third kappa shape index (κ3) is 11.2. The van der Waals surface area contributed by atoms with E-state index in [-0.39, 0.29) is 11.6 Å². The molecule has 0 radical (unpaired) electrons. The Morgan fingerprint density at radius 2 is 1.39 bits per heavy atom. The summed E-state index contributed by atoms with van der Waals surface area (Å²) in [6.07, 6.45) is 5.44. The first-order valence-electron chi connectivity index (χ1n) is 6.34. The van der Waals surface area contributed by atoms with E-state index in [1.54, 1.807) is 0 Å². The number of carbonyl (C=O) groups is 2. The van der Waals surface area contributed by atoms with E-state index in [1.165, 1.54) is 0 Å². The fourth-order valence-corrected chi connectivity index (χ4v) is 1.43. The van der Waals surface area contributed by atoms with Gasteiger partial charge >= 0.3 is 0 Å². The second-order valence-corrected chi connectivity index (χ2v) is 4.33. The number of carbonyl (C=O) groups excluding carboxylic acids is 2. The van der Waals surface area contributed by atoms with Crippen LogP contribution < -0.4 is 0 Å². The minimum absolute atomic E-state index is 0.104. The van der Waals surface area contributed by atoms with Crippen LogP contribution in [0.4, 0.5) is 0 Å². The van der Waals surface area contributed by atoms with E-state index in [0.29, 0.717) is 18.7 Å². The van der Waals surface area contributed by atoms with Gasteiger partial charge in [0.2, 0.25) is 11.6 Å². The Kier molecular flexibility index (Phi) is 11.4. The van der Waals surface area contributed by atoms with Crippen LogP contribution >= 0.6 is 11.6 Å². The summed E-state index contributed by atoms with van der Waals surface area (Å²) in [7, 11) is 0. The second kappa shape index (κ2) is 12.2. The van der Waals surface area contributed by atoms with Crippen molar-refractivity contribution in [2.45, 2.75) is 51.9 Å². The molecule has 98 valence electrons. The Hall–Kier alpha value is -1.25. The Morgan fingerprint density at radius 1 is 0.889 bits per heavy atom. The molecule has 0 spiro atoms. The summed E-state index contributed by atoms with van der Waals surface area (Å²) >= 11 is 5.49. The third-order valence-electron chi connectivity index (χ3n) is 2.26. The molecule has 18 heavy (non-hydrogen) atoms. The highest BCUT2D eigenvalue weighted by Gasteiger charge is 1.96. The fourth-order valence-electron chi connectivity index (χ4n) is 1.24. The van der Waals surface area contributed by atoms with Gasteiger partial charge in [0.05, 0.1) is 0 Å². The molecule has 0 unspecified atom stereocenters. The summed E-state index contributed by atoms with van der Waals surface area (Å²) in [5, 5.41) is 0. The molecular formula is C15H19ClO2. The van der Waals surface area contributed by atoms with Crippen molar-refractivity contribution < 1.29 is 9.59 Å². The molecule has 0 amide bonds. The molecule has 0 aromatic rings. The van der Waals surface area contributed by atoms with E-state index in [9.17, 15) is 9.59 Å². The SMILES string of the molecule is CCCCCC(=O)C#CC#CC(=O)CCCCCl. The van der Waals surface area contributed by atoms with Gasteiger partial charge in [-0.1, -0.05) is 19.8 Å². The van der Waals surface area contributed by atoms with Crippen LogP contribution in [-0.2, 0) is 9.59 Å². The molecule has 0 saturated carbocycles. The number of rotatable bonds is 8. The maximum absolute atomic E-state index is 11.2. The highest BCUT2D eigenvalue weighted by molar-refractivity contribution is 6.17. The summed E-state index contributed by atoms with van der Waals surface area (Å²) in [5.74, 6) is 9.99. The molecule has 0 atom stereocenters. The normalized spacial score (nSPS) is 8.78. The van der Waals surface area contributed by atoms with Gasteiger partial charge in [-0.15, -0.1) is 11.6 Å². The molecule has 0 aliphatic carbocycles. The average molecular weight is 267 g/mol. The van der Waals surface area contributed by atoms with Gasteiger partial charge in [-0.3, -0.25) is 9.59 Å². The maximum atomic E-state index is 11.2. The highest BCUT2D eigenvalue weighted by Crippen LogP contribution is 1.99. The summed E-state index contributed by atoms with van der Waals surface area (Å²) in [6, 6.07) is 0. The van der Waals surface area contributed by atoms with Crippen molar-refractivity contribution in [3.8, 4) is 23.7 Å². The van der Waals surface area contributed by atoms with Crippen LogP contribution in [0.15, 0.2) is 0 Å². The standard InChI is InChI=1S/C15H19ClO2/c1-2-3-4-9-14(17)10-5-6-11-15(18)12-7-8-13-16/h2-4,7-9,12-13H2,1H3. The van der Waals surface area contributed by atoms with Crippen LogP contribution in [0.25, 0.3) is 0 Å². The predicted octanol–water partition coefficient (Wildman–Crippen LogP) is 3.12. The number of hydrogen-bond donors (Lipinski definition) is 0. The van der Waals surface area contributed by atoms with Gasteiger partial charge < -0.3 is 0 Å². The van der Waals surface area contributed by atoms with Crippen molar-refractivity contribution in [3.05, 3.63) is 0 Å². The van der Waals surface area contributed by atoms with E-state index in [2.05, 4.69) is 30.6 Å². The minimum atomic E-state index is -0.146. The van der Waals surface area contributed by atoms with Gasteiger partial charge in [0.25, 0.3) is 0 Å². The maximum Gasteiger partial charge on any atom is 0.206 e. The molecule has 0 rings (SSSR count). The smallest absolute Gasteiger partial charge is 0.206 e. The molecule has 0 N–H and O–H groups in total. The van der Waals surface area contributed by atoms with Crippen molar-refractivity contribution in [1.82, 2.24) is 0 Å². The molecule has 0 heterocycles. The fraction of sp³-hybridized carbons (Fsp3) is 0.600. The van der Waals surface area contributed by atoms with Crippen molar-refractivity contribution in [3.63, 3.8) is 0 Å². The Bertz CT molecular complexity index is 339. The zero-order valence-electron chi connectivity index (χ0n) is 10.9. The van der Waals surface area contributed by atoms with Crippen molar-refractivity contribution in [1.29, 1.82) is 0 Å². The molecule has 0 aliphatic heterocycles. The van der Waals surface area contributed by atoms with Gasteiger partial charge in [0.15, 0.2) is 0 Å². The largest absolute Gasteiger partial charge is 0.285 e. The number of ketones is 2. The van der Waals surface area contributed by atoms with Crippen molar-refractivity contribution >= 4 is 23.2 Å². The summed E-state index contributed by atoms with van der Waals surface area (Å²) in [5.41, 5.74) is 0. The predicted molar refractivity (Wildman–Crippen MR) is 74.3 cm³/mol. The molecule has 0 aliphatic rings. The lowest BCUT2D eigenvalue weighted by Gasteiger charge is -1.90. The van der Waals surface area contributed by atoms with E-state index < -0.39 is 0 Å². The summed E-state index contributed by atoms with van der Waals surface area (Å²) in [6.45, 7) is 2.08. The Labute approximate surface area is 114 Å². The second-order valence-electron chi connectivity index (χ2n) is 3.95. The van der Waals surface area contributed by atoms with E-state index in [4.69, 9.17) is 11.6 Å². The van der Waals surface area contributed by atoms with Crippen molar-refractivity contribution in [2.24, 2.45) is 0 Å². The summed E-state index contributed by atoms with van der Waals surface area (Å²) in [4.78, 5) is 22.4. The number of unbranched alkanes of at least 4 members (excludes halogenated alkanes) is 3. The topological polar surface area (TPSA) is 34.1 Å². The zero-order valence-corrected chi connectivity index (χ0v) is 11.6. The molecule has 0 bridgehead atoms. The number of hydrogen-bond acceptors (Lipinski definition) is 2. The van der Waals surface area contributed by atoms with Gasteiger partial charge in [0, 0.05) is 18.7 Å². The number of alkyl halides is 1. The van der Waals surface area contributed by atoms with Gasteiger partial charge in [-0.05, 0) is 42.9 Å². The lowest BCUT2D eigenvalue weighted by Crippen LogP contribution is -1.93. The average Bonchev–Trinajstić information content (AvgIpc) is 2.35. The number of Topliss-reactive ketones (excluding diaryl/α,β-unsaturated/α-hetero) is 2. The van der Waals surface area contributed by atoms with E-state index in [1.807, 2.05) is 0 Å². The first-order chi connectivity index (χ1) is 8.70. The molecule has 2 nitrogen and oxygen atoms in total. The molecule has 3 heteroatoms. The molecular weight excluding hydrogens is 248 g/mol. The first-order valence-corrected chi connectivity index (χ1v) is 6.87. The Morgan fingerprint density at radius 3 is 1.83 bits per heavy atom. The van der Waals surface area contributed by atoms with E-state index >= 15 is 0 Å². The van der Waals surface area contributed by atoms with Crippen molar-refractivity contribution in [2.75, 3.05) is 5.88 Å². The lowest BCUT2D eigenvalue weighted by molar-refractivity contribution is -0.114. The molecule has 0 fully saturated rings. The van der Waals surface area contributed by atoms with E-state index in [0.717, 1.165) is 32.1 Å². The highest BCUT2D eigenvalue weighted by atomic mass is 35.5. The first kappa shape index (κ1) is 16.8. The third-order valence-corrected chi connectivity index (χ3v) is 2.53. The Balaban J connectivity index is 3.87. The van der Waals surface area contributed by atoms with Gasteiger partial charge in [0.1, 0.15) is 0 Å². The monoisotopic (exact) mass is 266 g/mol. The van der Waals surface area contributed by atoms with Crippen LogP contribution in [-0.4, -0.2) is 17.4 Å². The van der Waals surface area contributed by atoms with Crippen LogP contribution in [0.3, 0.4) is 0 Å². The van der Waals surface area contributed by atoms with Gasteiger partial charge in [-0.25, -0.2) is 0 Å². The lowest BCUT2D eigenvalue weighted by atomic mass is 10.1. The molecule has 0 saturated heterocycles. The van der Waals surface area contributed by atoms with Crippen LogP contribution in [0, 0.1) is 23.7 Å². The quantitative estimate of drug-likeness (QED) is 0.293. The van der Waals surface area contributed by atoms with Crippen LogP contribution in [0.2, 0.25) is 0 Å². The van der Waals surface area contributed by atoms with Gasteiger partial charge in [-0.2, -0.15) is 0 Å². The van der Waals surface area contributed by atoms with Crippen LogP contribution in [0.1, 0.15) is 51.9 Å². The summed E-state index contributed by atoms with van der Waals surface area (Å²) < 4.78 is 0. The minimum Gasteiger partial charge on any atom is -0.285 e. The molecule has 0 aromatic carbocycles.